The van der Waals surface area contributed by atoms with Crippen LogP contribution in [0.25, 0.3) is 0 Å². The molecule has 0 radical (unpaired) electrons. The molecule has 2 N–H and O–H groups in total. The van der Waals surface area contributed by atoms with Gasteiger partial charge in [0.2, 0.25) is 0 Å². The van der Waals surface area contributed by atoms with Crippen molar-refractivity contribution < 1.29 is 19.7 Å². The van der Waals surface area contributed by atoms with Gasteiger partial charge in [-0.1, -0.05) is 36.4 Å². The fourth-order valence-corrected chi connectivity index (χ4v) is 2.06. The van der Waals surface area contributed by atoms with E-state index in [0.29, 0.717) is 12.4 Å². The first kappa shape index (κ1) is 15.1. The molecule has 0 saturated heterocycles. The lowest BCUT2D eigenvalue weighted by Crippen LogP contribution is -2.06. The third-order valence-corrected chi connectivity index (χ3v) is 3.19. The summed E-state index contributed by atoms with van der Waals surface area (Å²) >= 11 is 0. The number of rotatable bonds is 6. The number of hydrogen-bond donors (Lipinski definition) is 2. The zero-order chi connectivity index (χ0) is 15.2. The highest BCUT2D eigenvalue weighted by Crippen LogP contribution is 2.20. The van der Waals surface area contributed by atoms with Crippen molar-refractivity contribution in [2.75, 3.05) is 0 Å². The maximum atomic E-state index is 10.8. The topological polar surface area (TPSA) is 66.8 Å². The highest BCUT2D eigenvalue weighted by atomic mass is 16.5. The molecule has 21 heavy (non-hydrogen) atoms. The van der Waals surface area contributed by atoms with Gasteiger partial charge < -0.3 is 14.9 Å². The van der Waals surface area contributed by atoms with Gasteiger partial charge in [-0.2, -0.15) is 0 Å². The third kappa shape index (κ3) is 4.33. The average Bonchev–Trinajstić information content (AvgIpc) is 2.46. The predicted molar refractivity (Wildman–Crippen MR) is 79.2 cm³/mol. The van der Waals surface area contributed by atoms with Crippen molar-refractivity contribution in [3.05, 3.63) is 65.2 Å². The van der Waals surface area contributed by atoms with Crippen LogP contribution in [-0.4, -0.2) is 16.2 Å². The highest BCUT2D eigenvalue weighted by Gasteiger charge is 2.07. The van der Waals surface area contributed by atoms with E-state index in [-0.39, 0.29) is 6.42 Å². The second kappa shape index (κ2) is 6.90. The zero-order valence-electron chi connectivity index (χ0n) is 11.8. The fourth-order valence-electron chi connectivity index (χ4n) is 2.06. The Morgan fingerprint density at radius 2 is 1.86 bits per heavy atom. The lowest BCUT2D eigenvalue weighted by molar-refractivity contribution is -0.136. The first-order valence-corrected chi connectivity index (χ1v) is 6.75. The fraction of sp³-hybridized carbons (Fsp3) is 0.235. The summed E-state index contributed by atoms with van der Waals surface area (Å²) in [6.45, 7) is 1.99. The van der Waals surface area contributed by atoms with Gasteiger partial charge >= 0.3 is 5.97 Å². The lowest BCUT2D eigenvalue weighted by Gasteiger charge is -2.11. The molecule has 4 nitrogen and oxygen atoms in total. The Hall–Kier alpha value is -2.33. The first-order chi connectivity index (χ1) is 10.1. The van der Waals surface area contributed by atoms with Crippen molar-refractivity contribution in [2.24, 2.45) is 0 Å². The van der Waals surface area contributed by atoms with E-state index in [4.69, 9.17) is 9.84 Å². The summed E-state index contributed by atoms with van der Waals surface area (Å²) < 4.78 is 5.70. The van der Waals surface area contributed by atoms with Gasteiger partial charge in [0, 0.05) is 0 Å². The van der Waals surface area contributed by atoms with Crippen LogP contribution in [-0.2, 0) is 17.8 Å². The molecule has 0 aliphatic rings. The van der Waals surface area contributed by atoms with Crippen LogP contribution in [0.3, 0.4) is 0 Å². The molecule has 0 aromatic heterocycles. The van der Waals surface area contributed by atoms with Crippen molar-refractivity contribution in [3.63, 3.8) is 0 Å². The van der Waals surface area contributed by atoms with Crippen LogP contribution in [0.1, 0.15) is 29.7 Å². The molecule has 0 spiro atoms. The van der Waals surface area contributed by atoms with E-state index in [9.17, 15) is 9.90 Å². The average molecular weight is 286 g/mol. The number of ether oxygens (including phenoxy) is 1. The number of carboxylic acid groups (broad SMARTS) is 1. The molecule has 0 unspecified atom stereocenters. The Morgan fingerprint density at radius 3 is 2.52 bits per heavy atom. The van der Waals surface area contributed by atoms with E-state index in [2.05, 4.69) is 0 Å². The predicted octanol–water partition coefficient (Wildman–Crippen LogP) is 2.95. The Bertz CT molecular complexity index is 620. The molecular weight excluding hydrogens is 268 g/mol. The lowest BCUT2D eigenvalue weighted by atomic mass is 10.1. The number of aliphatic hydroxyl groups excluding tert-OH is 1. The molecule has 0 saturated carbocycles. The van der Waals surface area contributed by atoms with Gasteiger partial charge in [0.25, 0.3) is 0 Å². The summed E-state index contributed by atoms with van der Waals surface area (Å²) in [6.07, 6.45) is -0.569. The Kier molecular flexibility index (Phi) is 4.95. The second-order valence-corrected chi connectivity index (χ2v) is 4.88. The smallest absolute Gasteiger partial charge is 0.307 e. The van der Waals surface area contributed by atoms with E-state index in [1.807, 2.05) is 36.4 Å². The largest absolute Gasteiger partial charge is 0.489 e. The van der Waals surface area contributed by atoms with Gasteiger partial charge in [-0.25, -0.2) is 0 Å². The molecule has 2 aromatic rings. The quantitative estimate of drug-likeness (QED) is 0.856. The van der Waals surface area contributed by atoms with E-state index < -0.39 is 12.1 Å². The van der Waals surface area contributed by atoms with Gasteiger partial charge in [-0.15, -0.1) is 0 Å². The number of aliphatic carboxylic acids is 1. The minimum Gasteiger partial charge on any atom is -0.489 e. The van der Waals surface area contributed by atoms with Gasteiger partial charge in [0.1, 0.15) is 12.4 Å². The van der Waals surface area contributed by atoms with E-state index in [1.165, 1.54) is 0 Å². The molecule has 0 aliphatic carbocycles. The molecular formula is C17H18O4. The zero-order valence-corrected chi connectivity index (χ0v) is 11.8. The van der Waals surface area contributed by atoms with Crippen molar-refractivity contribution in [3.8, 4) is 5.75 Å². The summed E-state index contributed by atoms with van der Waals surface area (Å²) in [5.74, 6) is -0.211. The standard InChI is InChI=1S/C17H18O4/c1-12(18)13-7-4-8-16(9-13)21-11-15-6-3-2-5-14(15)10-17(19)20/h2-9,12,18H,10-11H2,1H3,(H,19,20)/t12-/m1/s1. The first-order valence-electron chi connectivity index (χ1n) is 6.75. The Balaban J connectivity index is 2.09. The molecule has 2 aromatic carbocycles. The molecule has 0 heterocycles. The molecule has 1 atom stereocenters. The van der Waals surface area contributed by atoms with Crippen LogP contribution < -0.4 is 4.74 Å². The highest BCUT2D eigenvalue weighted by molar-refractivity contribution is 5.70. The molecule has 0 aliphatic heterocycles. The second-order valence-electron chi connectivity index (χ2n) is 4.88. The summed E-state index contributed by atoms with van der Waals surface area (Å²) in [6, 6.07) is 14.6. The summed E-state index contributed by atoms with van der Waals surface area (Å²) in [5, 5.41) is 18.5. The normalized spacial score (nSPS) is 11.9. The minimum absolute atomic E-state index is 0.0206. The maximum absolute atomic E-state index is 10.8. The number of carboxylic acids is 1. The Labute approximate surface area is 123 Å². The van der Waals surface area contributed by atoms with Gasteiger partial charge in [-0.3, -0.25) is 4.79 Å². The number of aliphatic hydroxyl groups is 1. The van der Waals surface area contributed by atoms with Crippen LogP contribution in [0.2, 0.25) is 0 Å². The van der Waals surface area contributed by atoms with E-state index in [0.717, 1.165) is 16.7 Å². The molecule has 110 valence electrons. The molecule has 2 rings (SSSR count). The number of carbonyl (C=O) groups is 1. The van der Waals surface area contributed by atoms with Gasteiger partial charge in [0.15, 0.2) is 0 Å². The van der Waals surface area contributed by atoms with E-state index in [1.54, 1.807) is 19.1 Å². The Morgan fingerprint density at radius 1 is 1.14 bits per heavy atom. The van der Waals surface area contributed by atoms with Crippen molar-refractivity contribution >= 4 is 5.97 Å². The van der Waals surface area contributed by atoms with E-state index >= 15 is 0 Å². The van der Waals surface area contributed by atoms with Crippen LogP contribution >= 0.6 is 0 Å². The SMILES string of the molecule is C[C@@H](O)c1cccc(OCc2ccccc2CC(=O)O)c1. The van der Waals surface area contributed by atoms with Crippen molar-refractivity contribution in [1.29, 1.82) is 0 Å². The number of hydrogen-bond acceptors (Lipinski definition) is 3. The van der Waals surface area contributed by atoms with Crippen molar-refractivity contribution in [2.45, 2.75) is 26.1 Å². The van der Waals surface area contributed by atoms with Gasteiger partial charge in [0.05, 0.1) is 12.5 Å². The molecule has 0 fully saturated rings. The molecule has 0 amide bonds. The van der Waals surface area contributed by atoms with Gasteiger partial charge in [-0.05, 0) is 35.7 Å². The summed E-state index contributed by atoms with van der Waals surface area (Å²) in [7, 11) is 0. The van der Waals surface area contributed by atoms with Crippen LogP contribution in [0.15, 0.2) is 48.5 Å². The summed E-state index contributed by atoms with van der Waals surface area (Å²) in [4.78, 5) is 10.8. The number of benzene rings is 2. The van der Waals surface area contributed by atoms with Crippen LogP contribution in [0.5, 0.6) is 5.75 Å². The molecule has 4 heteroatoms. The van der Waals surface area contributed by atoms with Crippen LogP contribution in [0.4, 0.5) is 0 Å². The molecule has 0 bridgehead atoms. The minimum atomic E-state index is -0.862. The van der Waals surface area contributed by atoms with Crippen LogP contribution in [0, 0.1) is 0 Å². The summed E-state index contributed by atoms with van der Waals surface area (Å²) in [5.41, 5.74) is 2.38. The van der Waals surface area contributed by atoms with Crippen molar-refractivity contribution in [1.82, 2.24) is 0 Å². The monoisotopic (exact) mass is 286 g/mol. The third-order valence-electron chi connectivity index (χ3n) is 3.19. The maximum Gasteiger partial charge on any atom is 0.307 e.